The lowest BCUT2D eigenvalue weighted by Gasteiger charge is -2.06. The van der Waals surface area contributed by atoms with E-state index in [0.717, 1.165) is 17.0 Å². The fourth-order valence-corrected chi connectivity index (χ4v) is 2.42. The van der Waals surface area contributed by atoms with Gasteiger partial charge in [0.05, 0.1) is 12.2 Å². The number of fused-ring (bicyclic) bond motifs is 1. The second-order valence-corrected chi connectivity index (χ2v) is 4.90. The van der Waals surface area contributed by atoms with Crippen molar-refractivity contribution in [3.05, 3.63) is 61.2 Å². The van der Waals surface area contributed by atoms with Gasteiger partial charge in [0.2, 0.25) is 0 Å². The van der Waals surface area contributed by atoms with Crippen LogP contribution in [0.15, 0.2) is 39.4 Å². The fraction of sp³-hybridized carbons (Fsp3) is 0.167. The van der Waals surface area contributed by atoms with Gasteiger partial charge in [-0.1, -0.05) is 17.4 Å². The molecule has 0 aliphatic heterocycles. The molecular weight excluding hydrogens is 264 g/mol. The Morgan fingerprint density at radius 1 is 1.32 bits per heavy atom. The molecule has 0 N–H and O–H groups in total. The first-order valence-electron chi connectivity index (χ1n) is 5.64. The Kier molecular flexibility index (Phi) is 2.75. The van der Waals surface area contributed by atoms with E-state index in [0.29, 0.717) is 11.3 Å². The van der Waals surface area contributed by atoms with Gasteiger partial charge in [-0.25, -0.2) is 9.67 Å². The van der Waals surface area contributed by atoms with Gasteiger partial charge in [-0.3, -0.25) is 14.0 Å². The Hall–Kier alpha value is -2.28. The van der Waals surface area contributed by atoms with Crippen LogP contribution in [0.3, 0.4) is 0 Å². The van der Waals surface area contributed by atoms with Crippen LogP contribution in [0.25, 0.3) is 5.65 Å². The molecule has 0 bridgehead atoms. The molecule has 0 aromatic carbocycles. The topological polar surface area (TPSA) is 69.3 Å². The monoisotopic (exact) mass is 274 g/mol. The second kappa shape index (κ2) is 4.43. The predicted octanol–water partition coefficient (Wildman–Crippen LogP) is 0.669. The van der Waals surface area contributed by atoms with Crippen LogP contribution in [-0.4, -0.2) is 19.2 Å². The van der Waals surface area contributed by atoms with Crippen molar-refractivity contribution in [2.24, 2.45) is 0 Å². The normalized spacial score (nSPS) is 11.0. The van der Waals surface area contributed by atoms with E-state index in [9.17, 15) is 9.59 Å². The van der Waals surface area contributed by atoms with Crippen molar-refractivity contribution in [1.82, 2.24) is 19.2 Å². The van der Waals surface area contributed by atoms with E-state index >= 15 is 0 Å². The quantitative estimate of drug-likeness (QED) is 0.688. The molecule has 19 heavy (non-hydrogen) atoms. The minimum Gasteiger partial charge on any atom is -0.269 e. The van der Waals surface area contributed by atoms with E-state index in [2.05, 4.69) is 10.1 Å². The highest BCUT2D eigenvalue weighted by Gasteiger charge is 2.06. The maximum Gasteiger partial charge on any atom is 0.325 e. The molecular formula is C12H10N4O2S. The highest BCUT2D eigenvalue weighted by Crippen LogP contribution is 2.03. The first-order chi connectivity index (χ1) is 9.15. The third-order valence-electron chi connectivity index (χ3n) is 2.80. The van der Waals surface area contributed by atoms with E-state index in [-0.39, 0.29) is 17.0 Å². The standard InChI is InChI=1S/C12H10N4O2S/c1-8-3-2-4-10-14-9(5-11(17)16(8)10)6-15-12(18)19-7-13-15/h2-5,7H,6H2,1H3. The van der Waals surface area contributed by atoms with E-state index in [1.165, 1.54) is 20.7 Å². The molecule has 3 aromatic rings. The van der Waals surface area contributed by atoms with E-state index in [1.807, 2.05) is 19.1 Å². The molecule has 0 amide bonds. The molecule has 0 spiro atoms. The maximum absolute atomic E-state index is 12.1. The smallest absolute Gasteiger partial charge is 0.269 e. The molecule has 0 saturated carbocycles. The Balaban J connectivity index is 2.14. The first kappa shape index (κ1) is 11.8. The predicted molar refractivity (Wildman–Crippen MR) is 71.7 cm³/mol. The average Bonchev–Trinajstić information content (AvgIpc) is 2.74. The van der Waals surface area contributed by atoms with Crippen molar-refractivity contribution in [3.8, 4) is 0 Å². The summed E-state index contributed by atoms with van der Waals surface area (Å²) in [7, 11) is 0. The molecule has 0 radical (unpaired) electrons. The molecule has 0 unspecified atom stereocenters. The molecule has 7 heteroatoms. The van der Waals surface area contributed by atoms with Crippen LogP contribution in [0.4, 0.5) is 0 Å². The summed E-state index contributed by atoms with van der Waals surface area (Å²) in [6.07, 6.45) is 0. The van der Waals surface area contributed by atoms with Crippen molar-refractivity contribution in [2.45, 2.75) is 13.5 Å². The second-order valence-electron chi connectivity index (χ2n) is 4.11. The minimum absolute atomic E-state index is 0.152. The number of hydrogen-bond acceptors (Lipinski definition) is 5. The molecule has 96 valence electrons. The van der Waals surface area contributed by atoms with Gasteiger partial charge in [0.25, 0.3) is 5.56 Å². The third-order valence-corrected chi connectivity index (χ3v) is 3.41. The van der Waals surface area contributed by atoms with Crippen molar-refractivity contribution >= 4 is 17.0 Å². The Morgan fingerprint density at radius 3 is 2.89 bits per heavy atom. The van der Waals surface area contributed by atoms with E-state index < -0.39 is 0 Å². The van der Waals surface area contributed by atoms with Crippen molar-refractivity contribution in [2.75, 3.05) is 0 Å². The number of pyridine rings is 1. The van der Waals surface area contributed by atoms with Crippen molar-refractivity contribution < 1.29 is 0 Å². The van der Waals surface area contributed by atoms with Crippen molar-refractivity contribution in [1.29, 1.82) is 0 Å². The molecule has 3 heterocycles. The van der Waals surface area contributed by atoms with Gasteiger partial charge < -0.3 is 0 Å². The van der Waals surface area contributed by atoms with Crippen molar-refractivity contribution in [3.63, 3.8) is 0 Å². The molecule has 0 atom stereocenters. The lowest BCUT2D eigenvalue weighted by Crippen LogP contribution is -2.21. The Bertz CT molecular complexity index is 862. The lowest BCUT2D eigenvalue weighted by molar-refractivity contribution is 0.652. The Labute approximate surface area is 111 Å². The van der Waals surface area contributed by atoms with E-state index in [4.69, 9.17) is 0 Å². The van der Waals surface area contributed by atoms with Crippen LogP contribution < -0.4 is 10.4 Å². The van der Waals surface area contributed by atoms with Crippen LogP contribution >= 0.6 is 11.3 Å². The molecule has 0 saturated heterocycles. The zero-order valence-electron chi connectivity index (χ0n) is 10.1. The van der Waals surface area contributed by atoms with Gasteiger partial charge in [0, 0.05) is 11.8 Å². The summed E-state index contributed by atoms with van der Waals surface area (Å²) in [5.74, 6) is 0. The summed E-state index contributed by atoms with van der Waals surface area (Å²) in [6.45, 7) is 2.06. The zero-order chi connectivity index (χ0) is 13.4. The summed E-state index contributed by atoms with van der Waals surface area (Å²) >= 11 is 1.02. The van der Waals surface area contributed by atoms with Gasteiger partial charge in [0.1, 0.15) is 11.2 Å². The number of aryl methyl sites for hydroxylation is 1. The lowest BCUT2D eigenvalue weighted by atomic mass is 10.3. The summed E-state index contributed by atoms with van der Waals surface area (Å²) in [5, 5.41) is 3.91. The van der Waals surface area contributed by atoms with Gasteiger partial charge in [-0.05, 0) is 19.1 Å². The van der Waals surface area contributed by atoms with Crippen LogP contribution in [0.5, 0.6) is 0 Å². The van der Waals surface area contributed by atoms with Gasteiger partial charge in [0.15, 0.2) is 0 Å². The highest BCUT2D eigenvalue weighted by atomic mass is 32.1. The third kappa shape index (κ3) is 2.08. The number of aromatic nitrogens is 4. The summed E-state index contributed by atoms with van der Waals surface area (Å²) < 4.78 is 2.83. The summed E-state index contributed by atoms with van der Waals surface area (Å²) in [4.78, 5) is 27.7. The number of rotatable bonds is 2. The molecule has 3 rings (SSSR count). The minimum atomic E-state index is -0.161. The largest absolute Gasteiger partial charge is 0.325 e. The maximum atomic E-state index is 12.1. The summed E-state index contributed by atoms with van der Waals surface area (Å²) in [6, 6.07) is 6.89. The number of hydrogen-bond donors (Lipinski definition) is 0. The van der Waals surface area contributed by atoms with Gasteiger partial charge in [-0.2, -0.15) is 5.10 Å². The molecule has 0 aliphatic rings. The van der Waals surface area contributed by atoms with Crippen LogP contribution in [0.1, 0.15) is 11.4 Å². The SMILES string of the molecule is Cc1cccc2nc(Cn3ncsc3=O)cc(=O)n12. The Morgan fingerprint density at radius 2 is 2.16 bits per heavy atom. The molecule has 0 aliphatic carbocycles. The molecule has 0 fully saturated rings. The van der Waals surface area contributed by atoms with Crippen LogP contribution in [-0.2, 0) is 6.54 Å². The first-order valence-corrected chi connectivity index (χ1v) is 6.52. The average molecular weight is 274 g/mol. The van der Waals surface area contributed by atoms with Gasteiger partial charge in [-0.15, -0.1) is 0 Å². The van der Waals surface area contributed by atoms with Crippen LogP contribution in [0.2, 0.25) is 0 Å². The van der Waals surface area contributed by atoms with Crippen LogP contribution in [0, 0.1) is 6.92 Å². The summed E-state index contributed by atoms with van der Waals surface area (Å²) in [5.41, 5.74) is 3.25. The van der Waals surface area contributed by atoms with Gasteiger partial charge >= 0.3 is 4.87 Å². The highest BCUT2D eigenvalue weighted by molar-refractivity contribution is 7.06. The molecule has 6 nitrogen and oxygen atoms in total. The fourth-order valence-electron chi connectivity index (χ4n) is 1.94. The zero-order valence-corrected chi connectivity index (χ0v) is 10.9. The van der Waals surface area contributed by atoms with E-state index in [1.54, 1.807) is 6.07 Å². The number of nitrogens with zero attached hydrogens (tertiary/aromatic N) is 4. The molecule has 3 aromatic heterocycles.